The molecule has 0 saturated heterocycles. The molecule has 7 aromatic carbocycles. The van der Waals surface area contributed by atoms with Crippen molar-refractivity contribution in [3.8, 4) is 27.9 Å². The molecule has 0 fully saturated rings. The fourth-order valence-corrected chi connectivity index (χ4v) is 7.51. The van der Waals surface area contributed by atoms with Gasteiger partial charge in [-0.3, -0.25) is 0 Å². The normalized spacial score (nSPS) is 11.9. The highest BCUT2D eigenvalue weighted by Crippen LogP contribution is 2.45. The Morgan fingerprint density at radius 2 is 1.02 bits per heavy atom. The molecule has 0 radical (unpaired) electrons. The molecule has 0 unspecified atom stereocenters. The van der Waals surface area contributed by atoms with E-state index in [-0.39, 0.29) is 0 Å². The molecule has 2 nitrogen and oxygen atoms in total. The molecule has 0 spiro atoms. The SMILES string of the molecule is C=Cc1c(/C=C\C)oc2ccc(-c3c4ccccc4c(-c4ccc(-n5c6ccccc6c6ccccc65)cc4)c4ccccc34)cc12. The zero-order valence-corrected chi connectivity index (χ0v) is 26.1. The number of fused-ring (bicyclic) bond motifs is 6. The second-order valence-electron chi connectivity index (χ2n) is 12.1. The molecule has 2 heteroatoms. The van der Waals surface area contributed by atoms with Crippen molar-refractivity contribution in [2.75, 3.05) is 0 Å². The molecule has 2 heterocycles. The van der Waals surface area contributed by atoms with Crippen molar-refractivity contribution in [2.45, 2.75) is 6.92 Å². The Labute approximate surface area is 273 Å². The van der Waals surface area contributed by atoms with Crippen molar-refractivity contribution in [3.05, 3.63) is 164 Å². The summed E-state index contributed by atoms with van der Waals surface area (Å²) in [7, 11) is 0. The van der Waals surface area contributed by atoms with E-state index in [2.05, 4.69) is 151 Å². The summed E-state index contributed by atoms with van der Waals surface area (Å²) < 4.78 is 8.57. The third-order valence-electron chi connectivity index (χ3n) is 9.49. The maximum atomic E-state index is 6.20. The van der Waals surface area contributed by atoms with Crippen LogP contribution in [0.4, 0.5) is 0 Å². The third-order valence-corrected chi connectivity index (χ3v) is 9.49. The van der Waals surface area contributed by atoms with Crippen molar-refractivity contribution < 1.29 is 4.42 Å². The van der Waals surface area contributed by atoms with Crippen LogP contribution < -0.4 is 0 Å². The van der Waals surface area contributed by atoms with Gasteiger partial charge in [-0.2, -0.15) is 0 Å². The Hall–Kier alpha value is -6.12. The van der Waals surface area contributed by atoms with E-state index < -0.39 is 0 Å². The number of para-hydroxylation sites is 2. The van der Waals surface area contributed by atoms with Gasteiger partial charge in [-0.25, -0.2) is 0 Å². The Bertz CT molecular complexity index is 2590. The smallest absolute Gasteiger partial charge is 0.135 e. The lowest BCUT2D eigenvalue weighted by atomic mass is 9.85. The van der Waals surface area contributed by atoms with E-state index in [0.717, 1.165) is 33.5 Å². The maximum absolute atomic E-state index is 6.20. The summed E-state index contributed by atoms with van der Waals surface area (Å²) in [5.74, 6) is 0.837. The van der Waals surface area contributed by atoms with Crippen molar-refractivity contribution in [1.29, 1.82) is 0 Å². The first kappa shape index (κ1) is 27.2. The molecule has 0 N–H and O–H groups in total. The molecule has 9 rings (SSSR count). The molecule has 0 bridgehead atoms. The summed E-state index contributed by atoms with van der Waals surface area (Å²) in [5.41, 5.74) is 10.3. The first-order valence-corrected chi connectivity index (χ1v) is 16.1. The maximum Gasteiger partial charge on any atom is 0.135 e. The molecule has 0 atom stereocenters. The molecular weight excluding hydrogens is 571 g/mol. The number of nitrogens with zero attached hydrogens (tertiary/aromatic N) is 1. The van der Waals surface area contributed by atoms with Gasteiger partial charge in [0.15, 0.2) is 0 Å². The minimum absolute atomic E-state index is 0.837. The molecule has 0 saturated carbocycles. The van der Waals surface area contributed by atoms with Crippen LogP contribution in [0.5, 0.6) is 0 Å². The van der Waals surface area contributed by atoms with Gasteiger partial charge in [0.25, 0.3) is 0 Å². The fraction of sp³-hybridized carbons (Fsp3) is 0.0222. The predicted octanol–water partition coefficient (Wildman–Crippen LogP) is 12.8. The molecule has 0 aliphatic carbocycles. The molecule has 0 aliphatic heterocycles. The summed E-state index contributed by atoms with van der Waals surface area (Å²) in [6, 6.07) is 50.6. The zero-order valence-electron chi connectivity index (χ0n) is 26.1. The van der Waals surface area contributed by atoms with Gasteiger partial charge in [-0.15, -0.1) is 0 Å². The van der Waals surface area contributed by atoms with Gasteiger partial charge in [-0.1, -0.05) is 122 Å². The average Bonchev–Trinajstić information content (AvgIpc) is 3.65. The number of allylic oxidation sites excluding steroid dienone is 1. The van der Waals surface area contributed by atoms with Gasteiger partial charge in [0.1, 0.15) is 11.3 Å². The highest BCUT2D eigenvalue weighted by molar-refractivity contribution is 6.22. The molecule has 9 aromatic rings. The van der Waals surface area contributed by atoms with E-state index in [4.69, 9.17) is 4.42 Å². The topological polar surface area (TPSA) is 18.1 Å². The summed E-state index contributed by atoms with van der Waals surface area (Å²) in [4.78, 5) is 0. The van der Waals surface area contributed by atoms with Gasteiger partial charge in [0, 0.05) is 27.4 Å². The number of hydrogen-bond acceptors (Lipinski definition) is 1. The first-order valence-electron chi connectivity index (χ1n) is 16.1. The lowest BCUT2D eigenvalue weighted by molar-refractivity contribution is 0.603. The van der Waals surface area contributed by atoms with Crippen LogP contribution in [-0.2, 0) is 0 Å². The van der Waals surface area contributed by atoms with Crippen LogP contribution >= 0.6 is 0 Å². The van der Waals surface area contributed by atoms with Crippen molar-refractivity contribution in [2.24, 2.45) is 0 Å². The molecule has 222 valence electrons. The minimum Gasteiger partial charge on any atom is -0.456 e. The van der Waals surface area contributed by atoms with Crippen LogP contribution in [0, 0.1) is 0 Å². The number of aromatic nitrogens is 1. The van der Waals surface area contributed by atoms with Gasteiger partial charge >= 0.3 is 0 Å². The minimum atomic E-state index is 0.837. The van der Waals surface area contributed by atoms with E-state index in [1.807, 2.05) is 25.2 Å². The number of rotatable bonds is 5. The van der Waals surface area contributed by atoms with E-state index in [0.29, 0.717) is 0 Å². The Morgan fingerprint density at radius 3 is 1.55 bits per heavy atom. The van der Waals surface area contributed by atoms with Crippen molar-refractivity contribution in [1.82, 2.24) is 4.57 Å². The Kier molecular flexibility index (Phi) is 6.22. The predicted molar refractivity (Wildman–Crippen MR) is 201 cm³/mol. The van der Waals surface area contributed by atoms with Gasteiger partial charge < -0.3 is 8.98 Å². The number of furan rings is 1. The summed E-state index contributed by atoms with van der Waals surface area (Å²) in [5, 5.41) is 8.53. The van der Waals surface area contributed by atoms with Crippen molar-refractivity contribution in [3.63, 3.8) is 0 Å². The monoisotopic (exact) mass is 601 g/mol. The lowest BCUT2D eigenvalue weighted by Crippen LogP contribution is -1.94. The summed E-state index contributed by atoms with van der Waals surface area (Å²) >= 11 is 0. The van der Waals surface area contributed by atoms with Gasteiger partial charge in [0.05, 0.1) is 11.0 Å². The summed E-state index contributed by atoms with van der Waals surface area (Å²) in [6.07, 6.45) is 5.90. The van der Waals surface area contributed by atoms with Crippen LogP contribution in [0.1, 0.15) is 18.2 Å². The highest BCUT2D eigenvalue weighted by atomic mass is 16.3. The van der Waals surface area contributed by atoms with Crippen LogP contribution in [-0.4, -0.2) is 4.57 Å². The summed E-state index contributed by atoms with van der Waals surface area (Å²) in [6.45, 7) is 6.10. The Balaban J connectivity index is 1.26. The van der Waals surface area contributed by atoms with E-state index >= 15 is 0 Å². The Morgan fingerprint density at radius 1 is 0.532 bits per heavy atom. The zero-order chi connectivity index (χ0) is 31.5. The largest absolute Gasteiger partial charge is 0.456 e. The quantitative estimate of drug-likeness (QED) is 0.180. The molecule has 47 heavy (non-hydrogen) atoms. The molecular formula is C45H31NO. The fourth-order valence-electron chi connectivity index (χ4n) is 7.51. The van der Waals surface area contributed by atoms with E-state index in [1.54, 1.807) is 0 Å². The lowest BCUT2D eigenvalue weighted by Gasteiger charge is -2.18. The van der Waals surface area contributed by atoms with Gasteiger partial charge in [-0.05, 0) is 93.2 Å². The van der Waals surface area contributed by atoms with Crippen LogP contribution in [0.25, 0.3) is 94.4 Å². The highest BCUT2D eigenvalue weighted by Gasteiger charge is 2.19. The standard InChI is InChI=1S/C45H31NO/c1-3-13-42-32(4-2)39-28-30(24-27-43(39)47-42)45-37-18-7-5-16-35(37)44(36-17-6-8-19-38(36)45)29-22-25-31(26-23-29)46-40-20-11-9-14-33(40)34-15-10-12-21-41(34)46/h3-28H,2H2,1H3/b13-3-. The van der Waals surface area contributed by atoms with E-state index in [1.165, 1.54) is 60.0 Å². The van der Waals surface area contributed by atoms with Crippen LogP contribution in [0.2, 0.25) is 0 Å². The number of benzene rings is 7. The second-order valence-corrected chi connectivity index (χ2v) is 12.1. The third kappa shape index (κ3) is 4.12. The van der Waals surface area contributed by atoms with Gasteiger partial charge in [0.2, 0.25) is 0 Å². The van der Waals surface area contributed by atoms with Crippen molar-refractivity contribution >= 4 is 66.5 Å². The molecule has 2 aromatic heterocycles. The average molecular weight is 602 g/mol. The second kappa shape index (κ2) is 10.8. The molecule has 0 aliphatic rings. The first-order chi connectivity index (χ1) is 23.2. The van der Waals surface area contributed by atoms with Crippen LogP contribution in [0.15, 0.2) is 157 Å². The van der Waals surface area contributed by atoms with Crippen LogP contribution in [0.3, 0.4) is 0 Å². The molecule has 0 amide bonds. The number of hydrogen-bond donors (Lipinski definition) is 0. The van der Waals surface area contributed by atoms with E-state index in [9.17, 15) is 0 Å².